The maximum Gasteiger partial charge on any atom is 0.300 e. The van der Waals surface area contributed by atoms with Crippen molar-refractivity contribution >= 4 is 40.4 Å². The second-order valence-electron chi connectivity index (χ2n) is 7.96. The molecule has 1 heterocycles. The fourth-order valence-corrected chi connectivity index (χ4v) is 4.09. The van der Waals surface area contributed by atoms with E-state index in [1.54, 1.807) is 12.1 Å². The van der Waals surface area contributed by atoms with E-state index in [4.69, 9.17) is 11.6 Å². The van der Waals surface area contributed by atoms with E-state index in [2.05, 4.69) is 0 Å². The van der Waals surface area contributed by atoms with Gasteiger partial charge in [-0.2, -0.15) is 0 Å². The van der Waals surface area contributed by atoms with Gasteiger partial charge in [0.15, 0.2) is 0 Å². The molecule has 1 amide bonds. The standard InChI is InChI=1S/C25H19ClN2O6/c1-13-6-8-17(10-14(13)2)27-22(15-7-9-20(29)19(26)12-15)21(24(31)25(27)32)23(30)16-4-3-5-18(11-16)28(33)34/h3-12,22,29-30H,1-2H3/b23-21-. The number of rotatable bonds is 4. The van der Waals surface area contributed by atoms with Gasteiger partial charge in [0, 0.05) is 23.4 Å². The van der Waals surface area contributed by atoms with Crippen LogP contribution < -0.4 is 4.90 Å². The predicted octanol–water partition coefficient (Wildman–Crippen LogP) is 5.20. The highest BCUT2D eigenvalue weighted by molar-refractivity contribution is 6.51. The summed E-state index contributed by atoms with van der Waals surface area (Å²) >= 11 is 6.11. The highest BCUT2D eigenvalue weighted by Gasteiger charge is 2.47. The van der Waals surface area contributed by atoms with E-state index in [1.807, 2.05) is 19.9 Å². The van der Waals surface area contributed by atoms with Crippen LogP contribution in [0.5, 0.6) is 5.75 Å². The summed E-state index contributed by atoms with van der Waals surface area (Å²) in [5, 5.41) is 32.2. The molecule has 0 radical (unpaired) electrons. The average molecular weight is 479 g/mol. The van der Waals surface area contributed by atoms with Crippen LogP contribution in [-0.2, 0) is 9.59 Å². The summed E-state index contributed by atoms with van der Waals surface area (Å²) in [6.45, 7) is 3.78. The number of nitro groups is 1. The number of nitrogens with zero attached hydrogens (tertiary/aromatic N) is 2. The Hall–Kier alpha value is -4.17. The van der Waals surface area contributed by atoms with Gasteiger partial charge in [-0.3, -0.25) is 24.6 Å². The van der Waals surface area contributed by atoms with Gasteiger partial charge in [0.2, 0.25) is 0 Å². The Kier molecular flexibility index (Phi) is 5.85. The summed E-state index contributed by atoms with van der Waals surface area (Å²) in [6, 6.07) is 13.6. The summed E-state index contributed by atoms with van der Waals surface area (Å²) in [7, 11) is 0. The lowest BCUT2D eigenvalue weighted by Gasteiger charge is -2.26. The number of anilines is 1. The molecule has 3 aromatic rings. The van der Waals surface area contributed by atoms with Gasteiger partial charge in [-0.05, 0) is 54.8 Å². The quantitative estimate of drug-likeness (QED) is 0.175. The number of carbonyl (C=O) groups excluding carboxylic acids is 2. The fraction of sp³-hybridized carbons (Fsp3) is 0.120. The van der Waals surface area contributed by atoms with Gasteiger partial charge in [-0.25, -0.2) is 0 Å². The SMILES string of the molecule is Cc1ccc(N2C(=O)C(=O)/C(=C(\O)c3cccc([N+](=O)[O-])c3)C2c2ccc(O)c(Cl)c2)cc1C. The first-order valence-electron chi connectivity index (χ1n) is 10.2. The number of phenolic OH excluding ortho intramolecular Hbond substituents is 1. The van der Waals surface area contributed by atoms with Gasteiger partial charge in [0.1, 0.15) is 11.5 Å². The number of halogens is 1. The fourth-order valence-electron chi connectivity index (χ4n) is 3.91. The van der Waals surface area contributed by atoms with Crippen molar-refractivity contribution in [3.8, 4) is 5.75 Å². The minimum absolute atomic E-state index is 0.00137. The highest BCUT2D eigenvalue weighted by atomic mass is 35.5. The second kappa shape index (κ2) is 8.64. The summed E-state index contributed by atoms with van der Waals surface area (Å²) in [5.41, 5.74) is 2.16. The molecule has 172 valence electrons. The van der Waals surface area contributed by atoms with Crippen LogP contribution in [0.15, 0.2) is 66.2 Å². The third-order valence-corrected chi connectivity index (χ3v) is 6.13. The molecule has 34 heavy (non-hydrogen) atoms. The minimum Gasteiger partial charge on any atom is -0.507 e. The van der Waals surface area contributed by atoms with Gasteiger partial charge < -0.3 is 10.2 Å². The number of Topliss-reactive ketones (excluding diaryl/α,β-unsaturated/α-hetero) is 1. The number of aryl methyl sites for hydroxylation is 2. The molecule has 4 rings (SSSR count). The van der Waals surface area contributed by atoms with E-state index >= 15 is 0 Å². The van der Waals surface area contributed by atoms with Crippen LogP contribution in [0.25, 0.3) is 5.76 Å². The first-order chi connectivity index (χ1) is 16.1. The molecule has 1 unspecified atom stereocenters. The monoisotopic (exact) mass is 478 g/mol. The van der Waals surface area contributed by atoms with Gasteiger partial charge in [-0.1, -0.05) is 35.9 Å². The van der Waals surface area contributed by atoms with E-state index in [1.165, 1.54) is 41.3 Å². The largest absolute Gasteiger partial charge is 0.507 e. The number of carbonyl (C=O) groups is 2. The number of nitro benzene ring substituents is 1. The van der Waals surface area contributed by atoms with Gasteiger partial charge in [0.25, 0.3) is 17.4 Å². The molecule has 8 nitrogen and oxygen atoms in total. The lowest BCUT2D eigenvalue weighted by Crippen LogP contribution is -2.29. The molecule has 0 spiro atoms. The molecule has 1 saturated heterocycles. The number of aromatic hydroxyl groups is 1. The Labute approximate surface area is 199 Å². The number of phenols is 1. The van der Waals surface area contributed by atoms with Crippen molar-refractivity contribution in [1.29, 1.82) is 0 Å². The number of aliphatic hydroxyl groups is 1. The molecular formula is C25H19ClN2O6. The molecule has 9 heteroatoms. The summed E-state index contributed by atoms with van der Waals surface area (Å²) in [5.74, 6) is -2.56. The van der Waals surface area contributed by atoms with Crippen molar-refractivity contribution in [2.75, 3.05) is 4.90 Å². The van der Waals surface area contributed by atoms with Crippen molar-refractivity contribution < 1.29 is 24.7 Å². The third kappa shape index (κ3) is 3.88. The highest BCUT2D eigenvalue weighted by Crippen LogP contribution is 2.44. The summed E-state index contributed by atoms with van der Waals surface area (Å²) < 4.78 is 0. The predicted molar refractivity (Wildman–Crippen MR) is 127 cm³/mol. The van der Waals surface area contributed by atoms with Gasteiger partial charge >= 0.3 is 0 Å². The topological polar surface area (TPSA) is 121 Å². The van der Waals surface area contributed by atoms with E-state index in [9.17, 15) is 29.9 Å². The number of hydrogen-bond acceptors (Lipinski definition) is 6. The first kappa shape index (κ1) is 23.0. The Morgan fingerprint density at radius 3 is 2.41 bits per heavy atom. The lowest BCUT2D eigenvalue weighted by molar-refractivity contribution is -0.384. The van der Waals surface area contributed by atoms with Crippen molar-refractivity contribution in [1.82, 2.24) is 0 Å². The minimum atomic E-state index is -1.08. The molecule has 3 aromatic carbocycles. The number of ketones is 1. The Bertz CT molecular complexity index is 1400. The van der Waals surface area contributed by atoms with Crippen LogP contribution in [0.1, 0.15) is 28.3 Å². The number of benzene rings is 3. The van der Waals surface area contributed by atoms with E-state index in [0.29, 0.717) is 11.3 Å². The van der Waals surface area contributed by atoms with Crippen LogP contribution in [0, 0.1) is 24.0 Å². The maximum absolute atomic E-state index is 13.2. The molecule has 1 fully saturated rings. The van der Waals surface area contributed by atoms with E-state index < -0.39 is 28.4 Å². The third-order valence-electron chi connectivity index (χ3n) is 5.83. The van der Waals surface area contributed by atoms with Crippen molar-refractivity contribution in [2.45, 2.75) is 19.9 Å². The summed E-state index contributed by atoms with van der Waals surface area (Å²) in [4.78, 5) is 38.2. The Balaban J connectivity index is 1.98. The molecule has 2 N–H and O–H groups in total. The molecular weight excluding hydrogens is 460 g/mol. The number of amides is 1. The lowest BCUT2D eigenvalue weighted by atomic mass is 9.94. The molecule has 0 saturated carbocycles. The van der Waals surface area contributed by atoms with Crippen LogP contribution in [-0.4, -0.2) is 26.8 Å². The molecule has 1 aliphatic heterocycles. The normalized spacial score (nSPS) is 17.3. The molecule has 0 aliphatic carbocycles. The van der Waals surface area contributed by atoms with Crippen molar-refractivity contribution in [2.24, 2.45) is 0 Å². The van der Waals surface area contributed by atoms with Gasteiger partial charge in [0.05, 0.1) is 21.6 Å². The van der Waals surface area contributed by atoms with Crippen LogP contribution >= 0.6 is 11.6 Å². The molecule has 0 bridgehead atoms. The number of hydrogen-bond donors (Lipinski definition) is 2. The van der Waals surface area contributed by atoms with Crippen LogP contribution in [0.3, 0.4) is 0 Å². The molecule has 1 aliphatic rings. The zero-order chi connectivity index (χ0) is 24.7. The van der Waals surface area contributed by atoms with Crippen LogP contribution in [0.4, 0.5) is 11.4 Å². The van der Waals surface area contributed by atoms with Gasteiger partial charge in [-0.15, -0.1) is 0 Å². The van der Waals surface area contributed by atoms with Crippen molar-refractivity contribution in [3.05, 3.63) is 104 Å². The smallest absolute Gasteiger partial charge is 0.300 e. The summed E-state index contributed by atoms with van der Waals surface area (Å²) in [6.07, 6.45) is 0. The van der Waals surface area contributed by atoms with Crippen LogP contribution in [0.2, 0.25) is 5.02 Å². The van der Waals surface area contributed by atoms with Crippen molar-refractivity contribution in [3.63, 3.8) is 0 Å². The Morgan fingerprint density at radius 2 is 1.76 bits per heavy atom. The molecule has 1 atom stereocenters. The molecule has 0 aromatic heterocycles. The zero-order valence-corrected chi connectivity index (χ0v) is 18.9. The number of aliphatic hydroxyl groups excluding tert-OH is 1. The van der Waals surface area contributed by atoms with E-state index in [0.717, 1.165) is 17.2 Å². The Morgan fingerprint density at radius 1 is 1.03 bits per heavy atom. The number of non-ortho nitro benzene ring substituents is 1. The van der Waals surface area contributed by atoms with E-state index in [-0.39, 0.29) is 27.6 Å². The first-order valence-corrected chi connectivity index (χ1v) is 10.6. The average Bonchev–Trinajstić information content (AvgIpc) is 3.07. The maximum atomic E-state index is 13.2. The zero-order valence-electron chi connectivity index (χ0n) is 18.2. The second-order valence-corrected chi connectivity index (χ2v) is 8.36.